The van der Waals surface area contributed by atoms with Gasteiger partial charge in [-0.3, -0.25) is 9.59 Å². The minimum atomic E-state index is -0.667. The number of rotatable bonds is 9. The van der Waals surface area contributed by atoms with Crippen LogP contribution in [0.25, 0.3) is 0 Å². The molecule has 1 aromatic carbocycles. The molecule has 1 heterocycles. The summed E-state index contributed by atoms with van der Waals surface area (Å²) in [6.45, 7) is 3.98. The van der Waals surface area contributed by atoms with Crippen molar-refractivity contribution in [1.29, 1.82) is 0 Å². The van der Waals surface area contributed by atoms with Crippen LogP contribution in [-0.4, -0.2) is 31.6 Å². The summed E-state index contributed by atoms with van der Waals surface area (Å²) in [5, 5.41) is 6.42. The van der Waals surface area contributed by atoms with Gasteiger partial charge in [0, 0.05) is 25.3 Å². The number of hydrogen-bond acceptors (Lipinski definition) is 3. The number of ether oxygens (including phenoxy) is 1. The molecule has 5 nitrogen and oxygen atoms in total. The third-order valence-corrected chi connectivity index (χ3v) is 9.30. The van der Waals surface area contributed by atoms with E-state index in [0.717, 1.165) is 29.6 Å². The third kappa shape index (κ3) is 5.19. The first-order chi connectivity index (χ1) is 16.5. The second-order valence-corrected chi connectivity index (χ2v) is 12.0. The van der Waals surface area contributed by atoms with Gasteiger partial charge in [0.05, 0.1) is 12.0 Å². The molecule has 0 radical (unpaired) electrons. The van der Waals surface area contributed by atoms with Crippen molar-refractivity contribution in [1.82, 2.24) is 5.32 Å². The maximum Gasteiger partial charge on any atom is 0.233 e. The van der Waals surface area contributed by atoms with Crippen LogP contribution < -0.4 is 10.6 Å². The van der Waals surface area contributed by atoms with Crippen LogP contribution >= 0.6 is 0 Å². The smallest absolute Gasteiger partial charge is 0.233 e. The van der Waals surface area contributed by atoms with E-state index in [1.807, 2.05) is 24.3 Å². The first kappa shape index (κ1) is 23.8. The van der Waals surface area contributed by atoms with Crippen molar-refractivity contribution in [3.63, 3.8) is 0 Å². The zero-order valence-corrected chi connectivity index (χ0v) is 20.9. The fraction of sp³-hybridized carbons (Fsp3) is 0.724. The number of carbonyl (C=O) groups excluding carboxylic acids is 2. The van der Waals surface area contributed by atoms with Crippen LogP contribution in [0.15, 0.2) is 24.3 Å². The molecule has 0 spiro atoms. The van der Waals surface area contributed by atoms with E-state index in [0.29, 0.717) is 32.0 Å². The second-order valence-electron chi connectivity index (χ2n) is 12.0. The van der Waals surface area contributed by atoms with Gasteiger partial charge in [0.25, 0.3) is 0 Å². The molecule has 1 aromatic rings. The predicted octanol–water partition coefficient (Wildman–Crippen LogP) is 5.59. The second kappa shape index (κ2) is 10.0. The van der Waals surface area contributed by atoms with Gasteiger partial charge in [-0.2, -0.15) is 0 Å². The fourth-order valence-electron chi connectivity index (χ4n) is 6.65. The van der Waals surface area contributed by atoms with Crippen molar-refractivity contribution in [2.24, 2.45) is 23.2 Å². The summed E-state index contributed by atoms with van der Waals surface area (Å²) in [7, 11) is 0. The van der Waals surface area contributed by atoms with Crippen molar-refractivity contribution < 1.29 is 14.3 Å². The Morgan fingerprint density at radius 1 is 1.03 bits per heavy atom. The van der Waals surface area contributed by atoms with Crippen molar-refractivity contribution in [2.45, 2.75) is 89.4 Å². The first-order valence-electron chi connectivity index (χ1n) is 13.7. The average Bonchev–Trinajstić information content (AvgIpc) is 3.55. The molecular weight excluding hydrogens is 424 g/mol. The molecule has 1 aliphatic heterocycles. The van der Waals surface area contributed by atoms with Crippen molar-refractivity contribution in [2.75, 3.05) is 25.1 Å². The summed E-state index contributed by atoms with van der Waals surface area (Å²) in [5.74, 6) is 2.20. The van der Waals surface area contributed by atoms with E-state index < -0.39 is 5.41 Å². The SMILES string of the molecule is CC1(CNC(=O)C2(c3cccc(NC(=O)CC(C4CCCCC4)C4CC4)c3)CCOC2)CCC1. The van der Waals surface area contributed by atoms with E-state index in [1.54, 1.807) is 0 Å². The van der Waals surface area contributed by atoms with E-state index in [9.17, 15) is 9.59 Å². The maximum absolute atomic E-state index is 13.4. The summed E-state index contributed by atoms with van der Waals surface area (Å²) >= 11 is 0. The number of nitrogens with one attached hydrogen (secondary N) is 2. The molecule has 0 bridgehead atoms. The Hall–Kier alpha value is -1.88. The quantitative estimate of drug-likeness (QED) is 0.499. The van der Waals surface area contributed by atoms with Gasteiger partial charge in [0.2, 0.25) is 11.8 Å². The molecule has 2 amide bonds. The standard InChI is InChI=1S/C29H42N2O3/c1-28(13-6-14-28)19-30-27(33)29(15-16-34-20-29)23-9-5-10-24(17-23)31-26(32)18-25(22-11-12-22)21-7-3-2-4-8-21/h5,9-10,17,21-22,25H,2-4,6-8,11-16,18-20H2,1H3,(H,30,33)(H,31,32). The lowest BCUT2D eigenvalue weighted by Gasteiger charge is -2.39. The van der Waals surface area contributed by atoms with Crippen molar-refractivity contribution in [3.05, 3.63) is 29.8 Å². The molecule has 5 heteroatoms. The lowest BCUT2D eigenvalue weighted by atomic mass is 9.70. The summed E-state index contributed by atoms with van der Waals surface area (Å²) in [4.78, 5) is 26.5. The Morgan fingerprint density at radius 2 is 1.79 bits per heavy atom. The summed E-state index contributed by atoms with van der Waals surface area (Å²) in [5.41, 5.74) is 1.32. The molecule has 34 heavy (non-hydrogen) atoms. The van der Waals surface area contributed by atoms with Gasteiger partial charge in [0.1, 0.15) is 0 Å². The highest BCUT2D eigenvalue weighted by molar-refractivity contribution is 5.92. The molecule has 3 aliphatic carbocycles. The lowest BCUT2D eigenvalue weighted by Crippen LogP contribution is -2.49. The zero-order chi connectivity index (χ0) is 23.6. The van der Waals surface area contributed by atoms with Gasteiger partial charge in [0.15, 0.2) is 0 Å². The molecule has 0 aromatic heterocycles. The van der Waals surface area contributed by atoms with E-state index in [2.05, 4.69) is 17.6 Å². The molecule has 2 unspecified atom stereocenters. The van der Waals surface area contributed by atoms with Crippen molar-refractivity contribution >= 4 is 17.5 Å². The van der Waals surface area contributed by atoms with Crippen LogP contribution in [0.1, 0.15) is 89.5 Å². The van der Waals surface area contributed by atoms with E-state index in [-0.39, 0.29) is 17.2 Å². The summed E-state index contributed by atoms with van der Waals surface area (Å²) < 4.78 is 5.73. The Bertz CT molecular complexity index is 877. The normalized spacial score (nSPS) is 27.6. The maximum atomic E-state index is 13.4. The van der Waals surface area contributed by atoms with Gasteiger partial charge in [-0.1, -0.05) is 57.6 Å². The Balaban J connectivity index is 1.25. The molecule has 3 saturated carbocycles. The highest BCUT2D eigenvalue weighted by Gasteiger charge is 2.45. The minimum absolute atomic E-state index is 0.0627. The lowest BCUT2D eigenvalue weighted by molar-refractivity contribution is -0.127. The van der Waals surface area contributed by atoms with Crippen LogP contribution in [0, 0.1) is 23.2 Å². The highest BCUT2D eigenvalue weighted by atomic mass is 16.5. The number of anilines is 1. The van der Waals surface area contributed by atoms with Crippen LogP contribution in [0.2, 0.25) is 0 Å². The van der Waals surface area contributed by atoms with Crippen molar-refractivity contribution in [3.8, 4) is 0 Å². The molecule has 5 rings (SSSR count). The zero-order valence-electron chi connectivity index (χ0n) is 20.9. The van der Waals surface area contributed by atoms with Gasteiger partial charge in [-0.25, -0.2) is 0 Å². The molecule has 2 N–H and O–H groups in total. The Morgan fingerprint density at radius 3 is 2.44 bits per heavy atom. The van der Waals surface area contributed by atoms with Crippen LogP contribution in [0.3, 0.4) is 0 Å². The minimum Gasteiger partial charge on any atom is -0.380 e. The Labute approximate surface area is 204 Å². The van der Waals surface area contributed by atoms with E-state index in [4.69, 9.17) is 4.74 Å². The molecule has 4 aliphatic rings. The summed E-state index contributed by atoms with van der Waals surface area (Å²) in [6, 6.07) is 7.93. The Kier molecular flexibility index (Phi) is 7.02. The topological polar surface area (TPSA) is 67.4 Å². The molecule has 4 fully saturated rings. The largest absolute Gasteiger partial charge is 0.380 e. The number of amides is 2. The number of hydrogen-bond donors (Lipinski definition) is 2. The molecule has 2 atom stereocenters. The van der Waals surface area contributed by atoms with Crippen LogP contribution in [-0.2, 0) is 19.7 Å². The molecular formula is C29H42N2O3. The monoisotopic (exact) mass is 466 g/mol. The average molecular weight is 467 g/mol. The van der Waals surface area contributed by atoms with E-state index >= 15 is 0 Å². The van der Waals surface area contributed by atoms with Gasteiger partial charge >= 0.3 is 0 Å². The summed E-state index contributed by atoms with van der Waals surface area (Å²) in [6.07, 6.45) is 14.1. The van der Waals surface area contributed by atoms with Crippen LogP contribution in [0.5, 0.6) is 0 Å². The van der Waals surface area contributed by atoms with E-state index in [1.165, 1.54) is 64.2 Å². The van der Waals surface area contributed by atoms with Gasteiger partial charge in [-0.15, -0.1) is 0 Å². The van der Waals surface area contributed by atoms with Gasteiger partial charge in [-0.05, 0) is 73.0 Å². The van der Waals surface area contributed by atoms with Crippen LogP contribution in [0.4, 0.5) is 5.69 Å². The third-order valence-electron chi connectivity index (χ3n) is 9.30. The first-order valence-corrected chi connectivity index (χ1v) is 13.7. The number of carbonyl (C=O) groups is 2. The predicted molar refractivity (Wildman–Crippen MR) is 135 cm³/mol. The number of benzene rings is 1. The highest BCUT2D eigenvalue weighted by Crippen LogP contribution is 2.46. The molecule has 1 saturated heterocycles. The fourth-order valence-corrected chi connectivity index (χ4v) is 6.65. The van der Waals surface area contributed by atoms with Gasteiger partial charge < -0.3 is 15.4 Å². The molecule has 186 valence electrons.